The van der Waals surface area contributed by atoms with E-state index in [0.717, 1.165) is 11.4 Å². The summed E-state index contributed by atoms with van der Waals surface area (Å²) in [5.41, 5.74) is 7.15. The number of aromatic nitrogens is 4. The molecule has 0 amide bonds. The van der Waals surface area contributed by atoms with Gasteiger partial charge in [0, 0.05) is 5.69 Å². The van der Waals surface area contributed by atoms with E-state index >= 15 is 0 Å². The molecule has 3 aromatic rings. The minimum Gasteiger partial charge on any atom is -0.497 e. The second-order valence-electron chi connectivity index (χ2n) is 4.16. The van der Waals surface area contributed by atoms with E-state index in [0.29, 0.717) is 17.0 Å². The quantitative estimate of drug-likeness (QED) is 0.744. The highest BCUT2D eigenvalue weighted by molar-refractivity contribution is 5.72. The van der Waals surface area contributed by atoms with Gasteiger partial charge in [-0.25, -0.2) is 9.97 Å². The zero-order chi connectivity index (χ0) is 14.8. The first-order chi connectivity index (χ1) is 10.2. The molecule has 8 heteroatoms. The predicted octanol–water partition coefficient (Wildman–Crippen LogP) is 1.33. The summed E-state index contributed by atoms with van der Waals surface area (Å²) in [7, 11) is 1.60. The van der Waals surface area contributed by atoms with Crippen molar-refractivity contribution in [2.75, 3.05) is 18.2 Å². The number of hydrogen-bond donors (Lipinski definition) is 2. The lowest BCUT2D eigenvalue weighted by atomic mass is 10.3. The standard InChI is InChI=1S/C13H11N7O/c1-21-9-4-2-8(3-5-9)18-11-10(6-14)12-16-7-17-13(15)20(12)19-11/h2-5,7H,1H3,(H,18,19)(H2,15,16,17). The van der Waals surface area contributed by atoms with Crippen molar-refractivity contribution in [3.63, 3.8) is 0 Å². The van der Waals surface area contributed by atoms with Crippen molar-refractivity contribution in [2.24, 2.45) is 0 Å². The molecule has 0 saturated heterocycles. The molecule has 21 heavy (non-hydrogen) atoms. The molecule has 0 aliphatic carbocycles. The normalized spacial score (nSPS) is 10.3. The van der Waals surface area contributed by atoms with Crippen molar-refractivity contribution < 1.29 is 4.74 Å². The Morgan fingerprint density at radius 3 is 2.71 bits per heavy atom. The fourth-order valence-corrected chi connectivity index (χ4v) is 1.89. The van der Waals surface area contributed by atoms with Crippen LogP contribution < -0.4 is 15.8 Å². The molecule has 0 spiro atoms. The molecule has 3 N–H and O–H groups in total. The number of nitrogen functional groups attached to an aromatic ring is 1. The monoisotopic (exact) mass is 281 g/mol. The van der Waals surface area contributed by atoms with Crippen molar-refractivity contribution in [3.8, 4) is 11.8 Å². The second-order valence-corrected chi connectivity index (χ2v) is 4.16. The van der Waals surface area contributed by atoms with E-state index in [1.54, 1.807) is 19.2 Å². The highest BCUT2D eigenvalue weighted by Crippen LogP contribution is 2.24. The van der Waals surface area contributed by atoms with Crippen LogP contribution in [0.1, 0.15) is 5.56 Å². The van der Waals surface area contributed by atoms with Crippen molar-refractivity contribution in [3.05, 3.63) is 36.2 Å². The first-order valence-corrected chi connectivity index (χ1v) is 6.03. The van der Waals surface area contributed by atoms with Gasteiger partial charge in [-0.1, -0.05) is 0 Å². The van der Waals surface area contributed by atoms with Gasteiger partial charge in [-0.05, 0) is 24.3 Å². The number of nitriles is 1. The summed E-state index contributed by atoms with van der Waals surface area (Å²) in [6.45, 7) is 0. The number of nitrogens with two attached hydrogens (primary N) is 1. The van der Waals surface area contributed by atoms with Crippen molar-refractivity contribution in [2.45, 2.75) is 0 Å². The van der Waals surface area contributed by atoms with Gasteiger partial charge < -0.3 is 15.8 Å². The molecule has 0 radical (unpaired) electrons. The van der Waals surface area contributed by atoms with Crippen LogP contribution >= 0.6 is 0 Å². The molecule has 2 heterocycles. The van der Waals surface area contributed by atoms with Crippen molar-refractivity contribution in [1.82, 2.24) is 19.6 Å². The summed E-state index contributed by atoms with van der Waals surface area (Å²) in [5.74, 6) is 1.28. The van der Waals surface area contributed by atoms with Crippen LogP contribution in [0.4, 0.5) is 17.5 Å². The minimum atomic E-state index is 0.166. The van der Waals surface area contributed by atoms with Gasteiger partial charge in [-0.3, -0.25) is 0 Å². The van der Waals surface area contributed by atoms with Crippen LogP contribution in [0.5, 0.6) is 5.75 Å². The van der Waals surface area contributed by atoms with E-state index in [-0.39, 0.29) is 5.95 Å². The number of ether oxygens (including phenoxy) is 1. The van der Waals surface area contributed by atoms with Gasteiger partial charge in [0.25, 0.3) is 0 Å². The van der Waals surface area contributed by atoms with E-state index in [1.807, 2.05) is 12.1 Å². The number of methoxy groups -OCH3 is 1. The minimum absolute atomic E-state index is 0.166. The highest BCUT2D eigenvalue weighted by Gasteiger charge is 2.15. The Morgan fingerprint density at radius 1 is 1.29 bits per heavy atom. The maximum atomic E-state index is 9.29. The van der Waals surface area contributed by atoms with Crippen molar-refractivity contribution >= 4 is 23.1 Å². The van der Waals surface area contributed by atoms with Crippen LogP contribution in [0.25, 0.3) is 5.65 Å². The van der Waals surface area contributed by atoms with E-state index in [4.69, 9.17) is 10.5 Å². The Morgan fingerprint density at radius 2 is 2.05 bits per heavy atom. The van der Waals surface area contributed by atoms with Crippen LogP contribution in [-0.2, 0) is 0 Å². The van der Waals surface area contributed by atoms with Crippen LogP contribution in [-0.4, -0.2) is 26.7 Å². The van der Waals surface area contributed by atoms with Gasteiger partial charge in [0.1, 0.15) is 23.7 Å². The number of hydrogen-bond acceptors (Lipinski definition) is 7. The topological polar surface area (TPSA) is 114 Å². The Hall–Kier alpha value is -3.34. The maximum absolute atomic E-state index is 9.29. The summed E-state index contributed by atoms with van der Waals surface area (Å²) >= 11 is 0. The fraction of sp³-hybridized carbons (Fsp3) is 0.0769. The largest absolute Gasteiger partial charge is 0.497 e. The van der Waals surface area contributed by atoms with Gasteiger partial charge >= 0.3 is 0 Å². The SMILES string of the molecule is COc1ccc(Nc2nn3c(N)ncnc3c2C#N)cc1. The molecule has 104 valence electrons. The molecule has 0 bridgehead atoms. The molecule has 0 saturated carbocycles. The van der Waals surface area contributed by atoms with Gasteiger partial charge in [-0.2, -0.15) is 9.78 Å². The van der Waals surface area contributed by atoms with Crippen LogP contribution in [0.3, 0.4) is 0 Å². The Kier molecular flexibility index (Phi) is 3.00. The summed E-state index contributed by atoms with van der Waals surface area (Å²) < 4.78 is 6.42. The molecule has 0 fully saturated rings. The molecule has 0 atom stereocenters. The summed E-state index contributed by atoms with van der Waals surface area (Å²) in [6, 6.07) is 9.32. The summed E-state index contributed by atoms with van der Waals surface area (Å²) in [4.78, 5) is 7.87. The third-order valence-electron chi connectivity index (χ3n) is 2.91. The van der Waals surface area contributed by atoms with Gasteiger partial charge in [-0.15, -0.1) is 5.10 Å². The second kappa shape index (κ2) is 4.97. The fourth-order valence-electron chi connectivity index (χ4n) is 1.89. The average Bonchev–Trinajstić information content (AvgIpc) is 2.87. The molecule has 0 aliphatic rings. The third-order valence-corrected chi connectivity index (χ3v) is 2.91. The Balaban J connectivity index is 2.03. The summed E-state index contributed by atoms with van der Waals surface area (Å²) in [6.07, 6.45) is 1.30. The first-order valence-electron chi connectivity index (χ1n) is 6.03. The number of nitrogens with one attached hydrogen (secondary N) is 1. The Bertz CT molecular complexity index is 832. The lowest BCUT2D eigenvalue weighted by molar-refractivity contribution is 0.415. The average molecular weight is 281 g/mol. The van der Waals surface area contributed by atoms with Crippen LogP contribution in [0, 0.1) is 11.3 Å². The number of nitrogens with zero attached hydrogens (tertiary/aromatic N) is 5. The van der Waals surface area contributed by atoms with Gasteiger partial charge in [0.05, 0.1) is 7.11 Å². The lowest BCUT2D eigenvalue weighted by Gasteiger charge is -2.04. The van der Waals surface area contributed by atoms with E-state index in [1.165, 1.54) is 10.8 Å². The van der Waals surface area contributed by atoms with Gasteiger partial charge in [0.15, 0.2) is 11.5 Å². The highest BCUT2D eigenvalue weighted by atomic mass is 16.5. The number of fused-ring (bicyclic) bond motifs is 1. The number of benzene rings is 1. The predicted molar refractivity (Wildman–Crippen MR) is 76.2 cm³/mol. The summed E-state index contributed by atoms with van der Waals surface area (Å²) in [5, 5.41) is 16.6. The first kappa shape index (κ1) is 12.7. The zero-order valence-corrected chi connectivity index (χ0v) is 11.1. The van der Waals surface area contributed by atoms with Gasteiger partial charge in [0.2, 0.25) is 5.95 Å². The van der Waals surface area contributed by atoms with Crippen LogP contribution in [0.15, 0.2) is 30.6 Å². The maximum Gasteiger partial charge on any atom is 0.224 e. The molecular weight excluding hydrogens is 270 g/mol. The lowest BCUT2D eigenvalue weighted by Crippen LogP contribution is -2.02. The molecule has 2 aromatic heterocycles. The zero-order valence-electron chi connectivity index (χ0n) is 11.1. The smallest absolute Gasteiger partial charge is 0.224 e. The number of anilines is 3. The molecule has 0 aliphatic heterocycles. The molecule has 1 aromatic carbocycles. The molecule has 3 rings (SSSR count). The van der Waals surface area contributed by atoms with Crippen LogP contribution in [0.2, 0.25) is 0 Å². The third kappa shape index (κ3) is 2.17. The molecule has 0 unspecified atom stereocenters. The van der Waals surface area contributed by atoms with E-state index < -0.39 is 0 Å². The Labute approximate surface area is 119 Å². The van der Waals surface area contributed by atoms with E-state index in [9.17, 15) is 5.26 Å². The van der Waals surface area contributed by atoms with Crippen molar-refractivity contribution in [1.29, 1.82) is 5.26 Å². The molecular formula is C13H11N7O. The number of rotatable bonds is 3. The van der Waals surface area contributed by atoms with E-state index in [2.05, 4.69) is 26.5 Å². The molecule has 8 nitrogen and oxygen atoms in total.